The van der Waals surface area contributed by atoms with E-state index < -0.39 is 0 Å². The molecular formula is C27H22ClN3O2S. The first-order chi connectivity index (χ1) is 16.5. The molecule has 0 aliphatic heterocycles. The number of nitrogens with one attached hydrogen (secondary N) is 2. The van der Waals surface area contributed by atoms with Crippen LogP contribution < -0.4 is 15.5 Å². The lowest BCUT2D eigenvalue weighted by Crippen LogP contribution is -2.34. The molecule has 0 fully saturated rings. The predicted octanol–water partition coefficient (Wildman–Crippen LogP) is 6.29. The van der Waals surface area contributed by atoms with Gasteiger partial charge in [-0.25, -0.2) is 0 Å². The zero-order valence-corrected chi connectivity index (χ0v) is 20.0. The van der Waals surface area contributed by atoms with Gasteiger partial charge in [-0.15, -0.1) is 0 Å². The highest BCUT2D eigenvalue weighted by atomic mass is 35.5. The number of amides is 2. The summed E-state index contributed by atoms with van der Waals surface area (Å²) in [5.74, 6) is -0.432. The maximum Gasteiger partial charge on any atom is 0.258 e. The van der Waals surface area contributed by atoms with E-state index in [0.29, 0.717) is 28.4 Å². The molecule has 2 N–H and O–H groups in total. The van der Waals surface area contributed by atoms with Crippen LogP contribution in [0.15, 0.2) is 91.0 Å². The Bertz CT molecular complexity index is 1350. The van der Waals surface area contributed by atoms with Crippen molar-refractivity contribution in [3.05, 3.63) is 107 Å². The number of hydrogen-bond acceptors (Lipinski definition) is 3. The maximum absolute atomic E-state index is 13.3. The Morgan fingerprint density at radius 2 is 1.50 bits per heavy atom. The highest BCUT2D eigenvalue weighted by Crippen LogP contribution is 2.28. The topological polar surface area (TPSA) is 61.4 Å². The van der Waals surface area contributed by atoms with E-state index in [9.17, 15) is 9.59 Å². The van der Waals surface area contributed by atoms with Gasteiger partial charge in [-0.05, 0) is 79.1 Å². The van der Waals surface area contributed by atoms with Gasteiger partial charge in [0.05, 0.1) is 5.69 Å². The Labute approximate surface area is 208 Å². The molecule has 0 unspecified atom stereocenters. The van der Waals surface area contributed by atoms with Crippen LogP contribution >= 0.6 is 23.8 Å². The number of hydrogen-bond donors (Lipinski definition) is 2. The Morgan fingerprint density at radius 1 is 0.853 bits per heavy atom. The third-order valence-corrected chi connectivity index (χ3v) is 5.80. The number of fused-ring (bicyclic) bond motifs is 1. The lowest BCUT2D eigenvalue weighted by atomic mass is 10.1. The minimum Gasteiger partial charge on any atom is -0.332 e. The molecule has 0 aliphatic rings. The fourth-order valence-corrected chi connectivity index (χ4v) is 3.99. The Hall–Kier alpha value is -3.74. The maximum atomic E-state index is 13.3. The van der Waals surface area contributed by atoms with Gasteiger partial charge in [-0.1, -0.05) is 48.0 Å². The second kappa shape index (κ2) is 10.5. The summed E-state index contributed by atoms with van der Waals surface area (Å²) in [4.78, 5) is 27.4. The summed E-state index contributed by atoms with van der Waals surface area (Å²) in [6.07, 6.45) is 0. The van der Waals surface area contributed by atoms with Crippen LogP contribution in [0.4, 0.5) is 11.4 Å². The number of anilines is 2. The van der Waals surface area contributed by atoms with Gasteiger partial charge in [0.2, 0.25) is 0 Å². The van der Waals surface area contributed by atoms with E-state index in [-0.39, 0.29) is 16.9 Å². The number of carbonyl (C=O) groups excluding carboxylic acids is 2. The second-order valence-corrected chi connectivity index (χ2v) is 8.38. The van der Waals surface area contributed by atoms with Crippen LogP contribution in [0.1, 0.15) is 27.6 Å². The fourth-order valence-electron chi connectivity index (χ4n) is 3.66. The van der Waals surface area contributed by atoms with Crippen LogP contribution in [0.25, 0.3) is 10.8 Å². The van der Waals surface area contributed by atoms with Crippen LogP contribution in [-0.4, -0.2) is 23.5 Å². The summed E-state index contributed by atoms with van der Waals surface area (Å²) in [7, 11) is 0. The van der Waals surface area contributed by atoms with Crippen molar-refractivity contribution in [3.8, 4) is 0 Å². The summed E-state index contributed by atoms with van der Waals surface area (Å²) < 4.78 is 0. The molecule has 0 spiro atoms. The molecule has 0 saturated carbocycles. The molecule has 34 heavy (non-hydrogen) atoms. The predicted molar refractivity (Wildman–Crippen MR) is 143 cm³/mol. The van der Waals surface area contributed by atoms with Crippen molar-refractivity contribution in [3.63, 3.8) is 0 Å². The van der Waals surface area contributed by atoms with E-state index in [0.717, 1.165) is 16.5 Å². The lowest BCUT2D eigenvalue weighted by Gasteiger charge is -2.23. The quantitative estimate of drug-likeness (QED) is 0.325. The monoisotopic (exact) mass is 487 g/mol. The van der Waals surface area contributed by atoms with Gasteiger partial charge in [0.25, 0.3) is 11.8 Å². The van der Waals surface area contributed by atoms with Gasteiger partial charge in [0.15, 0.2) is 5.11 Å². The summed E-state index contributed by atoms with van der Waals surface area (Å²) in [6, 6.07) is 27.5. The van der Waals surface area contributed by atoms with E-state index in [1.807, 2.05) is 49.4 Å². The van der Waals surface area contributed by atoms with E-state index in [4.69, 9.17) is 23.8 Å². The van der Waals surface area contributed by atoms with Crippen molar-refractivity contribution in [2.24, 2.45) is 0 Å². The number of thiocarbonyl (C=S) groups is 1. The molecule has 5 nitrogen and oxygen atoms in total. The van der Waals surface area contributed by atoms with E-state index in [2.05, 4.69) is 10.6 Å². The van der Waals surface area contributed by atoms with Crippen molar-refractivity contribution >= 4 is 62.9 Å². The number of halogens is 1. The van der Waals surface area contributed by atoms with Crippen LogP contribution in [0, 0.1) is 0 Å². The largest absolute Gasteiger partial charge is 0.332 e. The SMILES string of the molecule is CCN(C(=O)c1ccc(NC(=S)NC(=O)c2ccc(Cl)cc2)cc1)c1cccc2ccccc12. The third-order valence-electron chi connectivity index (χ3n) is 5.34. The molecule has 0 bridgehead atoms. The normalized spacial score (nSPS) is 10.5. The molecule has 0 aromatic heterocycles. The molecule has 170 valence electrons. The molecule has 4 rings (SSSR count). The van der Waals surface area contributed by atoms with Gasteiger partial charge in [0.1, 0.15) is 0 Å². The zero-order valence-electron chi connectivity index (χ0n) is 18.4. The van der Waals surface area contributed by atoms with Gasteiger partial charge in [-0.3, -0.25) is 14.9 Å². The van der Waals surface area contributed by atoms with Crippen molar-refractivity contribution in [1.29, 1.82) is 0 Å². The van der Waals surface area contributed by atoms with Crippen LogP contribution in [0.3, 0.4) is 0 Å². The second-order valence-electron chi connectivity index (χ2n) is 7.54. The lowest BCUT2D eigenvalue weighted by molar-refractivity contribution is 0.0973. The molecule has 0 saturated heterocycles. The number of rotatable bonds is 5. The molecule has 4 aromatic rings. The van der Waals surface area contributed by atoms with Crippen molar-refractivity contribution in [2.75, 3.05) is 16.8 Å². The minimum absolute atomic E-state index is 0.0935. The van der Waals surface area contributed by atoms with Gasteiger partial charge < -0.3 is 10.2 Å². The molecule has 0 heterocycles. The van der Waals surface area contributed by atoms with Crippen LogP contribution in [0.5, 0.6) is 0 Å². The van der Waals surface area contributed by atoms with Gasteiger partial charge in [0, 0.05) is 33.8 Å². The standard InChI is InChI=1S/C27H22ClN3O2S/c1-2-31(24-9-5-7-18-6-3-4-8-23(18)24)26(33)20-12-16-22(17-13-20)29-27(34)30-25(32)19-10-14-21(28)15-11-19/h3-17H,2H2,1H3,(H2,29,30,32,34). The summed E-state index contributed by atoms with van der Waals surface area (Å²) in [5.41, 5.74) is 2.53. The molecular weight excluding hydrogens is 466 g/mol. The summed E-state index contributed by atoms with van der Waals surface area (Å²) in [5, 5.41) is 8.42. The van der Waals surface area contributed by atoms with Crippen LogP contribution in [0.2, 0.25) is 5.02 Å². The molecule has 0 atom stereocenters. The van der Waals surface area contributed by atoms with E-state index in [1.54, 1.807) is 53.4 Å². The van der Waals surface area contributed by atoms with Gasteiger partial charge >= 0.3 is 0 Å². The van der Waals surface area contributed by atoms with Crippen molar-refractivity contribution < 1.29 is 9.59 Å². The van der Waals surface area contributed by atoms with E-state index >= 15 is 0 Å². The van der Waals surface area contributed by atoms with Gasteiger partial charge in [-0.2, -0.15) is 0 Å². The minimum atomic E-state index is -0.338. The Kier molecular flexibility index (Phi) is 7.21. The molecule has 2 amide bonds. The molecule has 4 aromatic carbocycles. The fraction of sp³-hybridized carbons (Fsp3) is 0.0741. The van der Waals surface area contributed by atoms with Crippen molar-refractivity contribution in [2.45, 2.75) is 6.92 Å². The Balaban J connectivity index is 1.45. The highest BCUT2D eigenvalue weighted by Gasteiger charge is 2.18. The first-order valence-electron chi connectivity index (χ1n) is 10.7. The number of nitrogens with zero attached hydrogens (tertiary/aromatic N) is 1. The first kappa shape index (κ1) is 23.4. The molecule has 0 radical (unpaired) electrons. The molecule has 7 heteroatoms. The smallest absolute Gasteiger partial charge is 0.258 e. The van der Waals surface area contributed by atoms with E-state index in [1.165, 1.54) is 0 Å². The average molecular weight is 488 g/mol. The first-order valence-corrected chi connectivity index (χ1v) is 11.5. The summed E-state index contributed by atoms with van der Waals surface area (Å²) in [6.45, 7) is 2.49. The molecule has 0 aliphatic carbocycles. The van der Waals surface area contributed by atoms with Crippen molar-refractivity contribution in [1.82, 2.24) is 5.32 Å². The van der Waals surface area contributed by atoms with Crippen LogP contribution in [-0.2, 0) is 0 Å². The number of carbonyl (C=O) groups is 2. The third kappa shape index (κ3) is 5.25. The number of benzene rings is 4. The Morgan fingerprint density at radius 3 is 2.21 bits per heavy atom. The average Bonchev–Trinajstić information content (AvgIpc) is 2.85. The zero-order chi connectivity index (χ0) is 24.1. The highest BCUT2D eigenvalue weighted by molar-refractivity contribution is 7.80. The summed E-state index contributed by atoms with van der Waals surface area (Å²) >= 11 is 11.1.